The third kappa shape index (κ3) is 6.34. The smallest absolute Gasteiger partial charge is 0.407 e. The number of piperidine rings is 1. The van der Waals surface area contributed by atoms with Crippen LogP contribution in [-0.4, -0.2) is 75.7 Å². The van der Waals surface area contributed by atoms with E-state index in [1.54, 1.807) is 29.8 Å². The highest BCUT2D eigenvalue weighted by Gasteiger charge is 2.50. The molecular formula is C29H38ClN7O5S. The second-order valence-electron chi connectivity index (χ2n) is 12.0. The minimum Gasteiger partial charge on any atom is -0.461 e. The van der Waals surface area contributed by atoms with Crippen LogP contribution in [-0.2, 0) is 14.2 Å². The standard InChI is InChI=1S/C29H38ClN7O5S/c1-7-40-26(38)18-14-19-24(33-16(2)25(37(19)35-18)43-20-8-11-32-23(31)21(20)30)36-12-9-29(10-13-36)15-41-17(3)22(29)34-27(39)42-28(4,5)6/h8,11,14,17,22H,7,9-10,12-13,15H2,1-6H3,(H2,31,32)(H,34,39)/t17-,22+/m0/s1. The number of pyridine rings is 1. The van der Waals surface area contributed by atoms with Gasteiger partial charge in [0.05, 0.1) is 36.1 Å². The van der Waals surface area contributed by atoms with E-state index in [0.717, 1.165) is 12.8 Å². The number of ether oxygens (including phenoxy) is 3. The minimum absolute atomic E-state index is 0.140. The number of nitrogens with zero attached hydrogens (tertiary/aromatic N) is 5. The molecule has 2 aliphatic heterocycles. The predicted molar refractivity (Wildman–Crippen MR) is 164 cm³/mol. The van der Waals surface area contributed by atoms with Crippen molar-refractivity contribution >= 4 is 52.6 Å². The van der Waals surface area contributed by atoms with Crippen molar-refractivity contribution in [1.29, 1.82) is 0 Å². The zero-order chi connectivity index (χ0) is 31.1. The van der Waals surface area contributed by atoms with Crippen LogP contribution in [0, 0.1) is 12.3 Å². The maximum absolute atomic E-state index is 12.7. The van der Waals surface area contributed by atoms with Crippen LogP contribution < -0.4 is 16.0 Å². The molecule has 0 aliphatic carbocycles. The van der Waals surface area contributed by atoms with Gasteiger partial charge in [-0.15, -0.1) is 0 Å². The van der Waals surface area contributed by atoms with Gasteiger partial charge in [0.1, 0.15) is 22.0 Å². The number of nitrogens with one attached hydrogen (secondary N) is 1. The third-order valence-corrected chi connectivity index (χ3v) is 9.51. The van der Waals surface area contributed by atoms with Crippen molar-refractivity contribution in [3.63, 3.8) is 0 Å². The first kappa shape index (κ1) is 31.1. The Bertz CT molecular complexity index is 1530. The molecule has 2 atom stereocenters. The first-order valence-electron chi connectivity index (χ1n) is 14.3. The number of hydrogen-bond acceptors (Lipinski definition) is 11. The van der Waals surface area contributed by atoms with Crippen molar-refractivity contribution in [2.75, 3.05) is 36.9 Å². The van der Waals surface area contributed by atoms with Crippen LogP contribution in [0.4, 0.5) is 16.4 Å². The molecule has 2 saturated heterocycles. The molecule has 14 heteroatoms. The highest BCUT2D eigenvalue weighted by atomic mass is 35.5. The lowest BCUT2D eigenvalue weighted by molar-refractivity contribution is 0.0433. The third-order valence-electron chi connectivity index (χ3n) is 7.78. The largest absolute Gasteiger partial charge is 0.461 e. The van der Waals surface area contributed by atoms with Gasteiger partial charge in [-0.3, -0.25) is 0 Å². The second kappa shape index (κ2) is 12.0. The number of halogens is 1. The fourth-order valence-electron chi connectivity index (χ4n) is 5.70. The van der Waals surface area contributed by atoms with E-state index in [2.05, 4.69) is 20.3 Å². The molecule has 3 N–H and O–H groups in total. The maximum Gasteiger partial charge on any atom is 0.407 e. The molecule has 2 aliphatic rings. The lowest BCUT2D eigenvalue weighted by atomic mass is 9.73. The molecule has 43 heavy (non-hydrogen) atoms. The number of fused-ring (bicyclic) bond motifs is 1. The Morgan fingerprint density at radius 2 is 2.02 bits per heavy atom. The summed E-state index contributed by atoms with van der Waals surface area (Å²) < 4.78 is 18.6. The van der Waals surface area contributed by atoms with Crippen LogP contribution in [0.15, 0.2) is 28.3 Å². The van der Waals surface area contributed by atoms with Gasteiger partial charge in [-0.1, -0.05) is 23.4 Å². The van der Waals surface area contributed by atoms with Crippen molar-refractivity contribution in [2.45, 2.75) is 82.1 Å². The molecule has 0 bridgehead atoms. The molecular weight excluding hydrogens is 594 g/mol. The molecule has 0 saturated carbocycles. The molecule has 5 rings (SSSR count). The van der Waals surface area contributed by atoms with Gasteiger partial charge in [0.15, 0.2) is 11.5 Å². The van der Waals surface area contributed by atoms with E-state index in [9.17, 15) is 9.59 Å². The molecule has 1 amide bonds. The number of hydrogen-bond donors (Lipinski definition) is 2. The summed E-state index contributed by atoms with van der Waals surface area (Å²) in [7, 11) is 0. The lowest BCUT2D eigenvalue weighted by Gasteiger charge is -2.43. The van der Waals surface area contributed by atoms with Crippen LogP contribution in [0.25, 0.3) is 5.52 Å². The summed E-state index contributed by atoms with van der Waals surface area (Å²) in [6, 6.07) is 3.31. The van der Waals surface area contributed by atoms with E-state index >= 15 is 0 Å². The van der Waals surface area contributed by atoms with Gasteiger partial charge in [0.2, 0.25) is 0 Å². The number of rotatable bonds is 6. The summed E-state index contributed by atoms with van der Waals surface area (Å²) in [6.45, 7) is 13.3. The quantitative estimate of drug-likeness (QED) is 0.358. The fraction of sp³-hybridized carbons (Fsp3) is 0.552. The van der Waals surface area contributed by atoms with Gasteiger partial charge >= 0.3 is 12.1 Å². The highest BCUT2D eigenvalue weighted by molar-refractivity contribution is 7.99. The van der Waals surface area contributed by atoms with E-state index in [1.807, 2.05) is 34.6 Å². The van der Waals surface area contributed by atoms with Crippen molar-refractivity contribution in [1.82, 2.24) is 24.9 Å². The zero-order valence-corrected chi connectivity index (χ0v) is 26.8. The Morgan fingerprint density at radius 1 is 1.30 bits per heavy atom. The Labute approximate surface area is 260 Å². The Morgan fingerprint density at radius 3 is 2.70 bits per heavy atom. The number of aryl methyl sites for hydroxylation is 1. The second-order valence-corrected chi connectivity index (χ2v) is 13.4. The van der Waals surface area contributed by atoms with Gasteiger partial charge in [-0.25, -0.2) is 24.1 Å². The van der Waals surface area contributed by atoms with Gasteiger partial charge in [0, 0.05) is 35.7 Å². The molecule has 5 heterocycles. The number of nitrogen functional groups attached to an aromatic ring is 1. The summed E-state index contributed by atoms with van der Waals surface area (Å²) in [6.07, 6.45) is 2.55. The Kier molecular flexibility index (Phi) is 8.70. The number of aromatic nitrogens is 4. The van der Waals surface area contributed by atoms with Gasteiger partial charge in [-0.2, -0.15) is 5.10 Å². The Hall–Kier alpha value is -3.29. The molecule has 0 radical (unpaired) electrons. The molecule has 3 aromatic heterocycles. The van der Waals surface area contributed by atoms with Crippen LogP contribution in [0.3, 0.4) is 0 Å². The summed E-state index contributed by atoms with van der Waals surface area (Å²) in [5.74, 6) is 0.427. The minimum atomic E-state index is -0.592. The normalized spacial score (nSPS) is 20.0. The van der Waals surface area contributed by atoms with Crippen molar-refractivity contribution in [3.8, 4) is 0 Å². The van der Waals surface area contributed by atoms with Crippen LogP contribution in [0.2, 0.25) is 5.02 Å². The average molecular weight is 632 g/mol. The van der Waals surface area contributed by atoms with Gasteiger partial charge in [-0.05, 0) is 60.5 Å². The number of esters is 1. The number of amides is 1. The average Bonchev–Trinajstić information content (AvgIpc) is 3.50. The lowest BCUT2D eigenvalue weighted by Crippen LogP contribution is -2.55. The fourth-order valence-corrected chi connectivity index (χ4v) is 6.87. The summed E-state index contributed by atoms with van der Waals surface area (Å²) >= 11 is 7.81. The van der Waals surface area contributed by atoms with E-state index in [4.69, 9.17) is 36.5 Å². The van der Waals surface area contributed by atoms with E-state index in [-0.39, 0.29) is 35.7 Å². The molecule has 2 fully saturated rings. The van der Waals surface area contributed by atoms with Crippen LogP contribution in [0.5, 0.6) is 0 Å². The van der Waals surface area contributed by atoms with Gasteiger partial charge in [0.25, 0.3) is 0 Å². The molecule has 0 unspecified atom stereocenters. The predicted octanol–water partition coefficient (Wildman–Crippen LogP) is 4.89. The van der Waals surface area contributed by atoms with Crippen molar-refractivity contribution in [2.24, 2.45) is 5.41 Å². The molecule has 12 nitrogen and oxygen atoms in total. The molecule has 3 aromatic rings. The first-order chi connectivity index (χ1) is 20.3. The van der Waals surface area contributed by atoms with Crippen LogP contribution in [0.1, 0.15) is 63.6 Å². The number of alkyl carbamates (subject to hydrolysis) is 1. The van der Waals surface area contributed by atoms with Crippen molar-refractivity contribution in [3.05, 3.63) is 34.7 Å². The Balaban J connectivity index is 1.45. The first-order valence-corrected chi connectivity index (χ1v) is 15.5. The maximum atomic E-state index is 12.7. The number of carbonyl (C=O) groups excluding carboxylic acids is 2. The number of anilines is 2. The summed E-state index contributed by atoms with van der Waals surface area (Å²) in [5.41, 5.74) is 6.68. The molecule has 1 spiro atoms. The monoisotopic (exact) mass is 631 g/mol. The van der Waals surface area contributed by atoms with E-state index in [1.165, 1.54) is 11.8 Å². The van der Waals surface area contributed by atoms with Gasteiger partial charge < -0.3 is 30.2 Å². The summed E-state index contributed by atoms with van der Waals surface area (Å²) in [4.78, 5) is 37.4. The van der Waals surface area contributed by atoms with E-state index < -0.39 is 17.7 Å². The highest BCUT2D eigenvalue weighted by Crippen LogP contribution is 2.44. The number of carbonyl (C=O) groups is 2. The molecule has 232 valence electrons. The van der Waals surface area contributed by atoms with Crippen LogP contribution >= 0.6 is 23.4 Å². The zero-order valence-electron chi connectivity index (χ0n) is 25.3. The SMILES string of the molecule is CCOC(=O)c1cc2c(N3CCC4(CC3)CO[C@@H](C)[C@H]4NC(=O)OC(C)(C)C)nc(C)c(Sc3ccnc(N)c3Cl)n2n1. The van der Waals surface area contributed by atoms with E-state index in [0.29, 0.717) is 51.7 Å². The summed E-state index contributed by atoms with van der Waals surface area (Å²) in [5, 5.41) is 8.76. The number of nitrogens with two attached hydrogens (primary N) is 1. The van der Waals surface area contributed by atoms with Crippen molar-refractivity contribution < 1.29 is 23.8 Å². The molecule has 0 aromatic carbocycles. The topological polar surface area (TPSA) is 146 Å².